The van der Waals surface area contributed by atoms with E-state index in [1.165, 1.54) is 49.6 Å². The number of rotatable bonds is 6. The first-order chi connectivity index (χ1) is 13.9. The number of aromatic nitrogens is 1. The SMILES string of the molecule is COc1ccc(S(=O)(=O)c2ccc(NC(=O)NCc3cccnc3)cc2)cc1Cl. The molecule has 7 nitrogen and oxygen atoms in total. The molecule has 3 aromatic rings. The number of ether oxygens (including phenoxy) is 1. The van der Waals surface area contributed by atoms with Crippen LogP contribution in [-0.2, 0) is 16.4 Å². The molecule has 2 aromatic carbocycles. The third-order valence-electron chi connectivity index (χ3n) is 4.03. The number of carbonyl (C=O) groups excluding carboxylic acids is 1. The Hall–Kier alpha value is -3.10. The van der Waals surface area contributed by atoms with Crippen molar-refractivity contribution in [2.75, 3.05) is 12.4 Å². The summed E-state index contributed by atoms with van der Waals surface area (Å²) in [5, 5.41) is 5.56. The Morgan fingerprint density at radius 3 is 2.45 bits per heavy atom. The minimum Gasteiger partial charge on any atom is -0.495 e. The Morgan fingerprint density at radius 2 is 1.83 bits per heavy atom. The van der Waals surface area contributed by atoms with E-state index in [1.54, 1.807) is 18.5 Å². The number of amides is 2. The topological polar surface area (TPSA) is 97.4 Å². The molecule has 0 spiro atoms. The average Bonchev–Trinajstić information content (AvgIpc) is 2.73. The minimum atomic E-state index is -3.75. The van der Waals surface area contributed by atoms with Crippen LogP contribution >= 0.6 is 11.6 Å². The first kappa shape index (κ1) is 20.6. The van der Waals surface area contributed by atoms with Crippen molar-refractivity contribution in [1.29, 1.82) is 0 Å². The minimum absolute atomic E-state index is 0.0539. The van der Waals surface area contributed by atoms with E-state index in [2.05, 4.69) is 15.6 Å². The number of halogens is 1. The van der Waals surface area contributed by atoms with Gasteiger partial charge in [-0.15, -0.1) is 0 Å². The molecule has 0 aliphatic rings. The third kappa shape index (κ3) is 5.04. The molecule has 0 aliphatic carbocycles. The normalized spacial score (nSPS) is 11.0. The van der Waals surface area contributed by atoms with Gasteiger partial charge in [0.1, 0.15) is 5.75 Å². The monoisotopic (exact) mass is 431 g/mol. The largest absolute Gasteiger partial charge is 0.495 e. The molecule has 2 amide bonds. The summed E-state index contributed by atoms with van der Waals surface area (Å²) >= 11 is 6.03. The molecule has 0 aliphatic heterocycles. The number of benzene rings is 2. The van der Waals surface area contributed by atoms with Gasteiger partial charge in [0.2, 0.25) is 9.84 Å². The van der Waals surface area contributed by atoms with Crippen molar-refractivity contribution in [3.63, 3.8) is 0 Å². The standard InChI is InChI=1S/C20H18ClN3O4S/c1-28-19-9-8-17(11-18(19)21)29(26,27)16-6-4-15(5-7-16)24-20(25)23-13-14-3-2-10-22-12-14/h2-12H,13H2,1H3,(H2,23,24,25). The molecular weight excluding hydrogens is 414 g/mol. The van der Waals surface area contributed by atoms with Crippen LogP contribution in [0.15, 0.2) is 76.8 Å². The summed E-state index contributed by atoms with van der Waals surface area (Å²) in [7, 11) is -2.30. The van der Waals surface area contributed by atoms with Crippen molar-refractivity contribution in [1.82, 2.24) is 10.3 Å². The molecular formula is C20H18ClN3O4S. The van der Waals surface area contributed by atoms with Gasteiger partial charge >= 0.3 is 6.03 Å². The summed E-state index contributed by atoms with van der Waals surface area (Å²) < 4.78 is 30.6. The number of hydrogen-bond acceptors (Lipinski definition) is 5. The van der Waals surface area contributed by atoms with Gasteiger partial charge in [0.25, 0.3) is 0 Å². The van der Waals surface area contributed by atoms with Crippen molar-refractivity contribution in [2.24, 2.45) is 0 Å². The van der Waals surface area contributed by atoms with Gasteiger partial charge in [-0.05, 0) is 54.1 Å². The van der Waals surface area contributed by atoms with Crippen molar-refractivity contribution >= 4 is 33.2 Å². The molecule has 0 unspecified atom stereocenters. The number of hydrogen-bond donors (Lipinski definition) is 2. The summed E-state index contributed by atoms with van der Waals surface area (Å²) in [4.78, 5) is 16.1. The number of carbonyl (C=O) groups is 1. The van der Waals surface area contributed by atoms with Crippen molar-refractivity contribution in [3.8, 4) is 5.75 Å². The van der Waals surface area contributed by atoms with Crippen LogP contribution < -0.4 is 15.4 Å². The van der Waals surface area contributed by atoms with Crippen LogP contribution in [0.5, 0.6) is 5.75 Å². The summed E-state index contributed by atoms with van der Waals surface area (Å²) in [6.07, 6.45) is 3.31. The fraction of sp³-hybridized carbons (Fsp3) is 0.100. The molecule has 0 saturated heterocycles. The van der Waals surface area contributed by atoms with Gasteiger partial charge < -0.3 is 15.4 Å². The van der Waals surface area contributed by atoms with Gasteiger partial charge in [0.15, 0.2) is 0 Å². The third-order valence-corrected chi connectivity index (χ3v) is 6.09. The van der Waals surface area contributed by atoms with E-state index in [0.717, 1.165) is 5.56 Å². The molecule has 150 valence electrons. The van der Waals surface area contributed by atoms with Crippen LogP contribution in [0.1, 0.15) is 5.56 Å². The highest BCUT2D eigenvalue weighted by molar-refractivity contribution is 7.91. The second-order valence-corrected chi connectivity index (χ2v) is 8.35. The van der Waals surface area contributed by atoms with Crippen LogP contribution in [0, 0.1) is 0 Å². The summed E-state index contributed by atoms with van der Waals surface area (Å²) in [5.74, 6) is 0.391. The van der Waals surface area contributed by atoms with Gasteiger partial charge in [0.05, 0.1) is 21.9 Å². The zero-order valence-corrected chi connectivity index (χ0v) is 17.0. The van der Waals surface area contributed by atoms with E-state index >= 15 is 0 Å². The molecule has 1 heterocycles. The Bertz CT molecular complexity index is 1100. The zero-order chi connectivity index (χ0) is 20.9. The Morgan fingerprint density at radius 1 is 1.10 bits per heavy atom. The van der Waals surface area contributed by atoms with E-state index in [4.69, 9.17) is 16.3 Å². The maximum atomic E-state index is 12.8. The Labute approximate surface area is 173 Å². The van der Waals surface area contributed by atoms with Gasteiger partial charge in [-0.25, -0.2) is 13.2 Å². The van der Waals surface area contributed by atoms with Crippen LogP contribution in [0.25, 0.3) is 0 Å². The quantitative estimate of drug-likeness (QED) is 0.616. The molecule has 0 fully saturated rings. The van der Waals surface area contributed by atoms with Crippen LogP contribution in [0.4, 0.5) is 10.5 Å². The van der Waals surface area contributed by atoms with E-state index < -0.39 is 15.9 Å². The molecule has 0 atom stereocenters. The van der Waals surface area contributed by atoms with Gasteiger partial charge in [-0.1, -0.05) is 17.7 Å². The number of sulfone groups is 1. The zero-order valence-electron chi connectivity index (χ0n) is 15.4. The summed E-state index contributed by atoms with van der Waals surface area (Å²) in [5.41, 5.74) is 1.32. The highest BCUT2D eigenvalue weighted by Crippen LogP contribution is 2.30. The number of urea groups is 1. The number of nitrogens with one attached hydrogen (secondary N) is 2. The van der Waals surface area contributed by atoms with Crippen LogP contribution in [0.2, 0.25) is 5.02 Å². The summed E-state index contributed by atoms with van der Waals surface area (Å²) in [6, 6.07) is 13.4. The van der Waals surface area contributed by atoms with E-state index in [0.29, 0.717) is 18.0 Å². The number of nitrogens with zero attached hydrogens (tertiary/aromatic N) is 1. The van der Waals surface area contributed by atoms with E-state index in [1.807, 2.05) is 6.07 Å². The van der Waals surface area contributed by atoms with Gasteiger partial charge in [-0.2, -0.15) is 0 Å². The van der Waals surface area contributed by atoms with Gasteiger partial charge in [0, 0.05) is 24.6 Å². The second kappa shape index (κ2) is 8.93. The number of methoxy groups -OCH3 is 1. The molecule has 2 N–H and O–H groups in total. The fourth-order valence-electron chi connectivity index (χ4n) is 2.53. The van der Waals surface area contributed by atoms with E-state index in [-0.39, 0.29) is 14.8 Å². The molecule has 1 aromatic heterocycles. The molecule has 0 radical (unpaired) electrons. The Kier molecular flexibility index (Phi) is 6.36. The number of pyridine rings is 1. The van der Waals surface area contributed by atoms with Crippen molar-refractivity contribution in [3.05, 3.63) is 77.6 Å². The molecule has 0 bridgehead atoms. The molecule has 9 heteroatoms. The van der Waals surface area contributed by atoms with Crippen LogP contribution in [0.3, 0.4) is 0 Å². The average molecular weight is 432 g/mol. The second-order valence-electron chi connectivity index (χ2n) is 5.99. The fourth-order valence-corrected chi connectivity index (χ4v) is 4.14. The van der Waals surface area contributed by atoms with Gasteiger partial charge in [-0.3, -0.25) is 4.98 Å². The lowest BCUT2D eigenvalue weighted by atomic mass is 10.3. The predicted molar refractivity (Wildman–Crippen MR) is 110 cm³/mol. The maximum Gasteiger partial charge on any atom is 0.319 e. The summed E-state index contributed by atoms with van der Waals surface area (Å²) in [6.45, 7) is 0.324. The predicted octanol–water partition coefficient (Wildman–Crippen LogP) is 3.90. The highest BCUT2D eigenvalue weighted by atomic mass is 35.5. The first-order valence-electron chi connectivity index (χ1n) is 8.52. The lowest BCUT2D eigenvalue weighted by Crippen LogP contribution is -2.28. The maximum absolute atomic E-state index is 12.8. The molecule has 0 saturated carbocycles. The lowest BCUT2D eigenvalue weighted by Gasteiger charge is -2.10. The number of anilines is 1. The van der Waals surface area contributed by atoms with Crippen molar-refractivity contribution in [2.45, 2.75) is 16.3 Å². The lowest BCUT2D eigenvalue weighted by molar-refractivity contribution is 0.251. The first-order valence-corrected chi connectivity index (χ1v) is 10.4. The Balaban J connectivity index is 1.67. The van der Waals surface area contributed by atoms with Crippen LogP contribution in [-0.4, -0.2) is 26.5 Å². The van der Waals surface area contributed by atoms with Crippen molar-refractivity contribution < 1.29 is 17.9 Å². The smallest absolute Gasteiger partial charge is 0.319 e. The highest BCUT2D eigenvalue weighted by Gasteiger charge is 2.19. The molecule has 3 rings (SSSR count). The molecule has 29 heavy (non-hydrogen) atoms. The van der Waals surface area contributed by atoms with E-state index in [9.17, 15) is 13.2 Å².